The Hall–Kier alpha value is -3.35. The molecule has 2 N–H and O–H groups in total. The van der Waals surface area contributed by atoms with E-state index in [0.29, 0.717) is 23.7 Å². The smallest absolute Gasteiger partial charge is 0.341 e. The molecular weight excluding hydrogens is 394 g/mol. The minimum Gasteiger partial charge on any atom is -0.507 e. The number of pyridine rings is 1. The van der Waals surface area contributed by atoms with E-state index in [1.807, 2.05) is 21.4 Å². The maximum Gasteiger partial charge on any atom is 0.341 e. The number of rotatable bonds is 3. The fourth-order valence-corrected chi connectivity index (χ4v) is 4.57. The summed E-state index contributed by atoms with van der Waals surface area (Å²) in [6.07, 6.45) is 3.56. The third kappa shape index (κ3) is 3.07. The Labute approximate surface area is 179 Å². The van der Waals surface area contributed by atoms with Gasteiger partial charge in [0, 0.05) is 29.3 Å². The predicted molar refractivity (Wildman–Crippen MR) is 116 cm³/mol. The monoisotopic (exact) mass is 419 g/mol. The number of phenols is 1. The SMILES string of the molecule is CC(C)(C)[C@@H]1Cn2nc(C3CC3)c(-c3ccccc3O)c2-c2cc(=O)c(C(=O)O)cn21. The van der Waals surface area contributed by atoms with Gasteiger partial charge in [0.1, 0.15) is 11.3 Å². The van der Waals surface area contributed by atoms with Crippen LogP contribution in [0.1, 0.15) is 61.6 Å². The number of carboxylic acid groups (broad SMARTS) is 1. The van der Waals surface area contributed by atoms with Crippen molar-refractivity contribution in [3.63, 3.8) is 0 Å². The van der Waals surface area contributed by atoms with Gasteiger partial charge in [-0.15, -0.1) is 0 Å². The lowest BCUT2D eigenvalue weighted by Crippen LogP contribution is -2.35. The molecule has 0 bridgehead atoms. The lowest BCUT2D eigenvalue weighted by Gasteiger charge is -2.38. The van der Waals surface area contributed by atoms with Crippen molar-refractivity contribution >= 4 is 5.97 Å². The van der Waals surface area contributed by atoms with E-state index in [9.17, 15) is 19.8 Å². The van der Waals surface area contributed by atoms with Crippen LogP contribution in [-0.4, -0.2) is 30.5 Å². The first-order valence-electron chi connectivity index (χ1n) is 10.6. The number of nitrogens with zero attached hydrogens (tertiary/aromatic N) is 3. The number of hydrogen-bond acceptors (Lipinski definition) is 4. The first-order valence-corrected chi connectivity index (χ1v) is 10.6. The Morgan fingerprint density at radius 1 is 1.19 bits per heavy atom. The first kappa shape index (κ1) is 19.6. The molecule has 1 fully saturated rings. The summed E-state index contributed by atoms with van der Waals surface area (Å²) in [4.78, 5) is 24.4. The molecule has 0 spiro atoms. The molecule has 160 valence electrons. The van der Waals surface area contributed by atoms with E-state index in [-0.39, 0.29) is 22.8 Å². The molecule has 3 heterocycles. The highest BCUT2D eigenvalue weighted by atomic mass is 16.4. The van der Waals surface area contributed by atoms with Crippen LogP contribution in [0.3, 0.4) is 0 Å². The highest BCUT2D eigenvalue weighted by Crippen LogP contribution is 2.51. The van der Waals surface area contributed by atoms with E-state index in [0.717, 1.165) is 29.8 Å². The van der Waals surface area contributed by atoms with Crippen molar-refractivity contribution in [1.82, 2.24) is 14.3 Å². The number of fused-ring (bicyclic) bond motifs is 3. The molecule has 7 nitrogen and oxygen atoms in total. The number of carboxylic acids is 1. The molecule has 2 aliphatic rings. The van der Waals surface area contributed by atoms with Gasteiger partial charge in [0.25, 0.3) is 0 Å². The first-order chi connectivity index (χ1) is 14.7. The number of aromatic hydroxyl groups is 1. The number of benzene rings is 1. The van der Waals surface area contributed by atoms with Gasteiger partial charge >= 0.3 is 5.97 Å². The summed E-state index contributed by atoms with van der Waals surface area (Å²) >= 11 is 0. The molecule has 0 radical (unpaired) electrons. The van der Waals surface area contributed by atoms with Gasteiger partial charge in [-0.25, -0.2) is 4.79 Å². The van der Waals surface area contributed by atoms with Gasteiger partial charge in [-0.2, -0.15) is 5.10 Å². The number of hydrogen-bond donors (Lipinski definition) is 2. The lowest BCUT2D eigenvalue weighted by molar-refractivity contribution is 0.0693. The zero-order chi connectivity index (χ0) is 22.1. The number of aromatic carboxylic acids is 1. The van der Waals surface area contributed by atoms with Crippen LogP contribution >= 0.6 is 0 Å². The molecule has 0 unspecified atom stereocenters. The average Bonchev–Trinajstić information content (AvgIpc) is 3.47. The maximum absolute atomic E-state index is 12.7. The summed E-state index contributed by atoms with van der Waals surface area (Å²) in [5.41, 5.74) is 2.89. The highest BCUT2D eigenvalue weighted by Gasteiger charge is 2.39. The molecule has 0 amide bonds. The largest absolute Gasteiger partial charge is 0.507 e. The van der Waals surface area contributed by atoms with Gasteiger partial charge in [0.15, 0.2) is 5.43 Å². The molecule has 1 saturated carbocycles. The second kappa shape index (κ2) is 6.57. The summed E-state index contributed by atoms with van der Waals surface area (Å²) in [5.74, 6) is -0.736. The van der Waals surface area contributed by atoms with Crippen molar-refractivity contribution in [3.05, 3.63) is 58.0 Å². The van der Waals surface area contributed by atoms with Crippen LogP contribution in [-0.2, 0) is 6.54 Å². The molecule has 1 aliphatic heterocycles. The van der Waals surface area contributed by atoms with E-state index in [4.69, 9.17) is 5.10 Å². The van der Waals surface area contributed by atoms with Crippen LogP contribution in [0.25, 0.3) is 22.5 Å². The van der Waals surface area contributed by atoms with Crippen LogP contribution in [0.15, 0.2) is 41.3 Å². The van der Waals surface area contributed by atoms with Crippen LogP contribution in [0, 0.1) is 5.41 Å². The van der Waals surface area contributed by atoms with Gasteiger partial charge in [-0.1, -0.05) is 39.0 Å². The zero-order valence-corrected chi connectivity index (χ0v) is 17.8. The van der Waals surface area contributed by atoms with E-state index in [1.54, 1.807) is 12.1 Å². The molecule has 5 rings (SSSR count). The van der Waals surface area contributed by atoms with Crippen molar-refractivity contribution in [1.29, 1.82) is 0 Å². The molecular formula is C24H25N3O4. The van der Waals surface area contributed by atoms with Crippen molar-refractivity contribution < 1.29 is 15.0 Å². The number of carbonyl (C=O) groups is 1. The second-order valence-corrected chi connectivity index (χ2v) is 9.61. The molecule has 2 aromatic heterocycles. The van der Waals surface area contributed by atoms with Crippen molar-refractivity contribution in [3.8, 4) is 28.3 Å². The molecule has 0 saturated heterocycles. The van der Waals surface area contributed by atoms with Crippen molar-refractivity contribution in [2.45, 2.75) is 52.1 Å². The van der Waals surface area contributed by atoms with Crippen molar-refractivity contribution in [2.24, 2.45) is 5.41 Å². The lowest BCUT2D eigenvalue weighted by atomic mass is 9.84. The van der Waals surface area contributed by atoms with Crippen LogP contribution < -0.4 is 5.43 Å². The standard InChI is InChI=1S/C24H25N3O4/c1-24(2,3)19-12-27-22(16-10-18(29)15(23(30)31)11-26(16)19)20(21(25-27)13-8-9-13)14-6-4-5-7-17(14)28/h4-7,10-11,13,19,28H,8-9,12H2,1-3H3,(H,30,31)/t19-/m0/s1. The van der Waals surface area contributed by atoms with Gasteiger partial charge in [-0.05, 0) is 24.3 Å². The Bertz CT molecular complexity index is 1270. The molecule has 1 aliphatic carbocycles. The Morgan fingerprint density at radius 2 is 1.90 bits per heavy atom. The average molecular weight is 419 g/mol. The van der Waals surface area contributed by atoms with E-state index >= 15 is 0 Å². The van der Waals surface area contributed by atoms with E-state index in [2.05, 4.69) is 20.8 Å². The summed E-state index contributed by atoms with van der Waals surface area (Å²) in [6.45, 7) is 6.85. The summed E-state index contributed by atoms with van der Waals surface area (Å²) < 4.78 is 3.86. The quantitative estimate of drug-likeness (QED) is 0.661. The minimum atomic E-state index is -1.23. The minimum absolute atomic E-state index is 0.0853. The number of phenolic OH excluding ortho intramolecular Hbond substituents is 1. The number of para-hydroxylation sites is 1. The van der Waals surface area contributed by atoms with Gasteiger partial charge in [0.2, 0.25) is 0 Å². The second-order valence-electron chi connectivity index (χ2n) is 9.61. The topological polar surface area (TPSA) is 97.3 Å². The summed E-state index contributed by atoms with van der Waals surface area (Å²) in [6, 6.07) is 8.49. The van der Waals surface area contributed by atoms with E-state index < -0.39 is 11.4 Å². The van der Waals surface area contributed by atoms with Gasteiger partial charge in [0.05, 0.1) is 29.7 Å². The van der Waals surface area contributed by atoms with Crippen LogP contribution in [0.2, 0.25) is 0 Å². The van der Waals surface area contributed by atoms with Gasteiger partial charge in [-0.3, -0.25) is 9.48 Å². The van der Waals surface area contributed by atoms with Crippen LogP contribution in [0.4, 0.5) is 0 Å². The fraction of sp³-hybridized carbons (Fsp3) is 0.375. The molecule has 3 aromatic rings. The van der Waals surface area contributed by atoms with Gasteiger partial charge < -0.3 is 14.8 Å². The maximum atomic E-state index is 12.7. The van der Waals surface area contributed by atoms with E-state index in [1.165, 1.54) is 12.3 Å². The molecule has 31 heavy (non-hydrogen) atoms. The molecule has 1 atom stereocenters. The highest BCUT2D eigenvalue weighted by molar-refractivity contribution is 5.89. The predicted octanol–water partition coefficient (Wildman–Crippen LogP) is 4.26. The molecule has 1 aromatic carbocycles. The third-order valence-corrected chi connectivity index (χ3v) is 6.35. The Morgan fingerprint density at radius 3 is 2.52 bits per heavy atom. The van der Waals surface area contributed by atoms with Crippen molar-refractivity contribution in [2.75, 3.05) is 0 Å². The Balaban J connectivity index is 1.85. The zero-order valence-electron chi connectivity index (χ0n) is 17.8. The van der Waals surface area contributed by atoms with Crippen LogP contribution in [0.5, 0.6) is 5.75 Å². The Kier molecular flexibility index (Phi) is 4.16. The normalized spacial score (nSPS) is 17.8. The summed E-state index contributed by atoms with van der Waals surface area (Å²) in [5, 5.41) is 25.1. The number of aromatic nitrogens is 3. The fourth-order valence-electron chi connectivity index (χ4n) is 4.57. The third-order valence-electron chi connectivity index (χ3n) is 6.35. The molecule has 7 heteroatoms. The summed E-state index contributed by atoms with van der Waals surface area (Å²) in [7, 11) is 0.